The van der Waals surface area contributed by atoms with Crippen LogP contribution >= 0.6 is 0 Å². The van der Waals surface area contributed by atoms with Gasteiger partial charge in [0.2, 0.25) is 0 Å². The Morgan fingerprint density at radius 3 is 1.02 bits per heavy atom. The van der Waals surface area contributed by atoms with Gasteiger partial charge >= 0.3 is 0 Å². The van der Waals surface area contributed by atoms with E-state index >= 15 is 0 Å². The summed E-state index contributed by atoms with van der Waals surface area (Å²) in [5, 5.41) is 6.54. The van der Waals surface area contributed by atoms with E-state index in [-0.39, 0.29) is 0 Å². The molecule has 62 heavy (non-hydrogen) atoms. The summed E-state index contributed by atoms with van der Waals surface area (Å²) < 4.78 is 2.45. The zero-order chi connectivity index (χ0) is 41.6. The highest BCUT2D eigenvalue weighted by molar-refractivity contribution is 6.26. The van der Waals surface area contributed by atoms with Gasteiger partial charge in [0.1, 0.15) is 0 Å². The molecule has 10 aromatic carbocycles. The molecule has 0 N–H and O–H groups in total. The van der Waals surface area contributed by atoms with Crippen molar-refractivity contribution in [3.63, 3.8) is 0 Å². The highest BCUT2D eigenvalue weighted by Crippen LogP contribution is 2.42. The summed E-state index contributed by atoms with van der Waals surface area (Å²) in [6.45, 7) is 4.52. The molecular weight excluding hydrogens is 749 g/mol. The van der Waals surface area contributed by atoms with Gasteiger partial charge < -0.3 is 9.47 Å². The van der Waals surface area contributed by atoms with Crippen LogP contribution in [0.5, 0.6) is 0 Å². The molecule has 2 heteroatoms. The van der Waals surface area contributed by atoms with Crippen LogP contribution in [0.1, 0.15) is 11.3 Å². The van der Waals surface area contributed by atoms with Crippen LogP contribution in [0.3, 0.4) is 0 Å². The molecule has 0 aliphatic rings. The van der Waals surface area contributed by atoms with Gasteiger partial charge in [0.25, 0.3) is 0 Å². The van der Waals surface area contributed by atoms with Gasteiger partial charge in [0.05, 0.1) is 5.52 Å². The fraction of sp³-hybridized carbons (Fsp3) is 0.0333. The minimum atomic E-state index is 1.10. The zero-order valence-electron chi connectivity index (χ0n) is 34.8. The maximum absolute atomic E-state index is 2.45. The average molecular weight is 793 g/mol. The van der Waals surface area contributed by atoms with Crippen LogP contribution in [-0.4, -0.2) is 4.57 Å². The average Bonchev–Trinajstić information content (AvgIpc) is 3.62. The Kier molecular flexibility index (Phi) is 9.32. The fourth-order valence-electron chi connectivity index (χ4n) is 9.35. The third-order valence-electron chi connectivity index (χ3n) is 12.7. The van der Waals surface area contributed by atoms with Crippen molar-refractivity contribution >= 4 is 49.5 Å². The molecule has 1 heterocycles. The predicted octanol–water partition coefficient (Wildman–Crippen LogP) is 16.7. The van der Waals surface area contributed by atoms with Crippen molar-refractivity contribution in [2.45, 2.75) is 13.8 Å². The maximum atomic E-state index is 2.45. The third kappa shape index (κ3) is 6.54. The van der Waals surface area contributed by atoms with E-state index in [1.54, 1.807) is 0 Å². The van der Waals surface area contributed by atoms with Crippen molar-refractivity contribution in [2.24, 2.45) is 0 Å². The van der Waals surface area contributed by atoms with Gasteiger partial charge in [-0.3, -0.25) is 0 Å². The van der Waals surface area contributed by atoms with Crippen LogP contribution in [0.15, 0.2) is 231 Å². The Bertz CT molecular complexity index is 3260. The molecule has 0 saturated carbocycles. The molecule has 1 aromatic heterocycles. The second-order valence-electron chi connectivity index (χ2n) is 16.2. The van der Waals surface area contributed by atoms with Gasteiger partial charge in [-0.05, 0) is 129 Å². The van der Waals surface area contributed by atoms with Crippen LogP contribution in [0.4, 0.5) is 17.1 Å². The first-order chi connectivity index (χ1) is 30.6. The van der Waals surface area contributed by atoms with Crippen molar-refractivity contribution in [2.75, 3.05) is 4.90 Å². The molecule has 0 saturated heterocycles. The normalized spacial score (nSPS) is 11.4. The van der Waals surface area contributed by atoms with E-state index < -0.39 is 0 Å². The summed E-state index contributed by atoms with van der Waals surface area (Å²) in [6, 6.07) is 83.5. The number of aryl methyl sites for hydroxylation is 1. The molecule has 0 aliphatic heterocycles. The molecule has 0 spiro atoms. The highest BCUT2D eigenvalue weighted by atomic mass is 15.1. The zero-order valence-corrected chi connectivity index (χ0v) is 34.8. The first kappa shape index (κ1) is 37.1. The van der Waals surface area contributed by atoms with Crippen LogP contribution in [0.2, 0.25) is 0 Å². The molecule has 11 rings (SSSR count). The van der Waals surface area contributed by atoms with Crippen LogP contribution in [-0.2, 0) is 0 Å². The molecule has 0 amide bonds. The quantitative estimate of drug-likeness (QED) is 0.139. The summed E-state index contributed by atoms with van der Waals surface area (Å²) in [4.78, 5) is 2.34. The number of aromatic nitrogens is 1. The van der Waals surface area contributed by atoms with Crippen LogP contribution in [0.25, 0.3) is 82.6 Å². The van der Waals surface area contributed by atoms with Gasteiger partial charge in [-0.2, -0.15) is 0 Å². The molecule has 11 aromatic rings. The van der Waals surface area contributed by atoms with Gasteiger partial charge in [-0.15, -0.1) is 0 Å². The van der Waals surface area contributed by atoms with E-state index in [0.717, 1.165) is 17.1 Å². The lowest BCUT2D eigenvalue weighted by molar-refractivity contribution is 1.04. The summed E-state index contributed by atoms with van der Waals surface area (Å²) in [5.74, 6) is 0. The monoisotopic (exact) mass is 792 g/mol. The lowest BCUT2D eigenvalue weighted by atomic mass is 9.96. The van der Waals surface area contributed by atoms with Crippen molar-refractivity contribution in [3.8, 4) is 50.2 Å². The minimum Gasteiger partial charge on any atom is -0.313 e. The van der Waals surface area contributed by atoms with Gasteiger partial charge in [-0.25, -0.2) is 0 Å². The maximum Gasteiger partial charge on any atom is 0.0618 e. The van der Waals surface area contributed by atoms with Crippen molar-refractivity contribution < 1.29 is 0 Å². The van der Waals surface area contributed by atoms with Crippen LogP contribution < -0.4 is 4.90 Å². The molecule has 0 aliphatic carbocycles. The highest BCUT2D eigenvalue weighted by Gasteiger charge is 2.19. The summed E-state index contributed by atoms with van der Waals surface area (Å²) in [5.41, 5.74) is 18.0. The van der Waals surface area contributed by atoms with Crippen molar-refractivity contribution in [1.82, 2.24) is 4.57 Å². The second-order valence-corrected chi connectivity index (χ2v) is 16.2. The van der Waals surface area contributed by atoms with E-state index in [9.17, 15) is 0 Å². The molecule has 0 bridgehead atoms. The standard InChI is InChI=1S/C60H44N2/c1-41-42(2)61(60-58-20-12-10-18-56(58)55-17-9-11-19-57(55)59(41)60)51-33-25-49(26-34-51)45-21-23-46(24-22-45)50-31-39-54(40-32-50)62(52-35-27-47(28-36-52)43-13-5-3-6-14-43)53-37-29-48(30-38-53)44-15-7-4-8-16-44/h3-40H,1-2H3. The molecule has 0 radical (unpaired) electrons. The van der Waals surface area contributed by atoms with Crippen LogP contribution in [0, 0.1) is 13.8 Å². The Morgan fingerprint density at radius 1 is 0.290 bits per heavy atom. The van der Waals surface area contributed by atoms with E-state index in [4.69, 9.17) is 0 Å². The molecule has 2 nitrogen and oxygen atoms in total. The molecule has 0 fully saturated rings. The number of hydrogen-bond acceptors (Lipinski definition) is 1. The fourth-order valence-corrected chi connectivity index (χ4v) is 9.35. The Hall–Kier alpha value is -7.94. The first-order valence-corrected chi connectivity index (χ1v) is 21.4. The lowest BCUT2D eigenvalue weighted by Crippen LogP contribution is -2.09. The Balaban J connectivity index is 0.885. The van der Waals surface area contributed by atoms with Crippen molar-refractivity contribution in [1.29, 1.82) is 0 Å². The SMILES string of the molecule is Cc1c(C)n(-c2ccc(-c3ccc(-c4ccc(N(c5ccc(-c6ccccc6)cc5)c5ccc(-c6ccccc6)cc5)cc4)cc3)cc2)c2c3ccccc3c3ccccc3c12. The summed E-state index contributed by atoms with van der Waals surface area (Å²) in [6.07, 6.45) is 0. The van der Waals surface area contributed by atoms with E-state index in [1.807, 2.05) is 0 Å². The Labute approximate surface area is 363 Å². The number of rotatable bonds is 8. The summed E-state index contributed by atoms with van der Waals surface area (Å²) >= 11 is 0. The number of anilines is 3. The second kappa shape index (κ2) is 15.6. The molecule has 0 atom stereocenters. The predicted molar refractivity (Wildman–Crippen MR) is 264 cm³/mol. The number of fused-ring (bicyclic) bond motifs is 6. The number of benzene rings is 10. The largest absolute Gasteiger partial charge is 0.313 e. The van der Waals surface area contributed by atoms with E-state index in [0.29, 0.717) is 0 Å². The Morgan fingerprint density at radius 2 is 0.597 bits per heavy atom. The smallest absolute Gasteiger partial charge is 0.0618 e. The van der Waals surface area contributed by atoms with Gasteiger partial charge in [-0.1, -0.05) is 182 Å². The molecule has 0 unspecified atom stereocenters. The van der Waals surface area contributed by atoms with Crippen molar-refractivity contribution in [3.05, 3.63) is 242 Å². The first-order valence-electron chi connectivity index (χ1n) is 21.4. The van der Waals surface area contributed by atoms with Gasteiger partial charge in [0, 0.05) is 39.2 Å². The summed E-state index contributed by atoms with van der Waals surface area (Å²) in [7, 11) is 0. The van der Waals surface area contributed by atoms with Gasteiger partial charge in [0.15, 0.2) is 0 Å². The third-order valence-corrected chi connectivity index (χ3v) is 12.7. The molecule has 294 valence electrons. The lowest BCUT2D eigenvalue weighted by Gasteiger charge is -2.26. The number of hydrogen-bond donors (Lipinski definition) is 0. The molecular formula is C60H44N2. The topological polar surface area (TPSA) is 8.17 Å². The van der Waals surface area contributed by atoms with E-state index in [1.165, 1.54) is 93.9 Å². The minimum absolute atomic E-state index is 1.10. The van der Waals surface area contributed by atoms with E-state index in [2.05, 4.69) is 254 Å². The number of nitrogens with zero attached hydrogens (tertiary/aromatic N) is 2.